The first-order valence-corrected chi connectivity index (χ1v) is 7.77. The number of hydrogen-bond donors (Lipinski definition) is 1. The molecule has 1 saturated heterocycles. The van der Waals surface area contributed by atoms with Gasteiger partial charge in [0.15, 0.2) is 0 Å². The van der Waals surface area contributed by atoms with Crippen molar-refractivity contribution in [2.75, 3.05) is 13.1 Å². The fourth-order valence-corrected chi connectivity index (χ4v) is 4.18. The van der Waals surface area contributed by atoms with Crippen LogP contribution in [-0.2, 0) is 10.0 Å². The quantitative estimate of drug-likeness (QED) is 0.927. The molecule has 1 fully saturated rings. The summed E-state index contributed by atoms with van der Waals surface area (Å²) in [7, 11) is -3.81. The molecule has 2 atom stereocenters. The molecule has 0 aromatic heterocycles. The fourth-order valence-electron chi connectivity index (χ4n) is 2.18. The molecule has 19 heavy (non-hydrogen) atoms. The molecule has 0 radical (unpaired) electrons. The van der Waals surface area contributed by atoms with E-state index in [-0.39, 0.29) is 22.4 Å². The highest BCUT2D eigenvalue weighted by atomic mass is 35.5. The highest BCUT2D eigenvalue weighted by molar-refractivity contribution is 7.89. The van der Waals surface area contributed by atoms with E-state index in [1.54, 1.807) is 6.92 Å². The van der Waals surface area contributed by atoms with Gasteiger partial charge in [-0.15, -0.1) is 0 Å². The number of hydrogen-bond acceptors (Lipinski definition) is 3. The predicted molar refractivity (Wildman–Crippen MR) is 70.0 cm³/mol. The van der Waals surface area contributed by atoms with Crippen molar-refractivity contribution in [1.82, 2.24) is 4.31 Å². The van der Waals surface area contributed by atoms with E-state index in [2.05, 4.69) is 0 Å². The molecule has 4 nitrogen and oxygen atoms in total. The molecule has 1 aromatic carbocycles. The van der Waals surface area contributed by atoms with Gasteiger partial charge in [-0.3, -0.25) is 0 Å². The number of benzene rings is 1. The first-order chi connectivity index (χ1) is 8.82. The molecule has 0 saturated carbocycles. The molecule has 2 unspecified atom stereocenters. The van der Waals surface area contributed by atoms with Gasteiger partial charge in [0, 0.05) is 13.1 Å². The van der Waals surface area contributed by atoms with E-state index in [4.69, 9.17) is 11.6 Å². The van der Waals surface area contributed by atoms with Gasteiger partial charge in [-0.05, 0) is 37.5 Å². The zero-order valence-electron chi connectivity index (χ0n) is 10.4. The van der Waals surface area contributed by atoms with Crippen LogP contribution in [0.2, 0.25) is 5.02 Å². The topological polar surface area (TPSA) is 57.6 Å². The zero-order valence-corrected chi connectivity index (χ0v) is 12.0. The van der Waals surface area contributed by atoms with Gasteiger partial charge in [-0.2, -0.15) is 4.31 Å². The van der Waals surface area contributed by atoms with E-state index in [1.807, 2.05) is 0 Å². The van der Waals surface area contributed by atoms with Crippen LogP contribution in [0.25, 0.3) is 0 Å². The van der Waals surface area contributed by atoms with Gasteiger partial charge in [-0.1, -0.05) is 11.6 Å². The summed E-state index contributed by atoms with van der Waals surface area (Å²) >= 11 is 5.84. The van der Waals surface area contributed by atoms with Crippen LogP contribution in [-0.4, -0.2) is 37.0 Å². The molecule has 7 heteroatoms. The van der Waals surface area contributed by atoms with Crippen LogP contribution in [0.3, 0.4) is 0 Å². The van der Waals surface area contributed by atoms with Crippen molar-refractivity contribution in [3.05, 3.63) is 29.0 Å². The maximum atomic E-state index is 13.2. The monoisotopic (exact) mass is 307 g/mol. The van der Waals surface area contributed by atoms with Gasteiger partial charge in [-0.25, -0.2) is 12.8 Å². The lowest BCUT2D eigenvalue weighted by atomic mass is 10.0. The van der Waals surface area contributed by atoms with Gasteiger partial charge in [0.1, 0.15) is 10.7 Å². The van der Waals surface area contributed by atoms with Crippen molar-refractivity contribution < 1.29 is 17.9 Å². The van der Waals surface area contributed by atoms with Crippen LogP contribution in [0.5, 0.6) is 0 Å². The van der Waals surface area contributed by atoms with Gasteiger partial charge >= 0.3 is 0 Å². The SMILES string of the molecule is CC(O)C1CCN(S(=O)(=O)c2cc(F)ccc2Cl)C1. The smallest absolute Gasteiger partial charge is 0.244 e. The third kappa shape index (κ3) is 2.91. The number of aliphatic hydroxyl groups is 1. The summed E-state index contributed by atoms with van der Waals surface area (Å²) < 4.78 is 39.2. The summed E-state index contributed by atoms with van der Waals surface area (Å²) in [5, 5.41) is 9.50. The first-order valence-electron chi connectivity index (χ1n) is 5.95. The Morgan fingerprint density at radius 3 is 2.79 bits per heavy atom. The molecule has 1 aromatic rings. The van der Waals surface area contributed by atoms with E-state index in [1.165, 1.54) is 10.4 Å². The minimum absolute atomic E-state index is 0.00176. The second-order valence-electron chi connectivity index (χ2n) is 4.73. The predicted octanol–water partition coefficient (Wildman–Crippen LogP) is 1.87. The Morgan fingerprint density at radius 1 is 1.53 bits per heavy atom. The third-order valence-electron chi connectivity index (χ3n) is 3.38. The standard InChI is InChI=1S/C12H15ClFNO3S/c1-8(16)9-4-5-15(7-9)19(17,18)12-6-10(14)2-3-11(12)13/h2-3,6,8-9,16H,4-5,7H2,1H3. The van der Waals surface area contributed by atoms with Crippen LogP contribution < -0.4 is 0 Å². The lowest BCUT2D eigenvalue weighted by Crippen LogP contribution is -2.30. The third-order valence-corrected chi connectivity index (χ3v) is 5.73. The van der Waals surface area contributed by atoms with Crippen LogP contribution in [0.1, 0.15) is 13.3 Å². The number of sulfonamides is 1. The molecule has 1 aliphatic rings. The van der Waals surface area contributed by atoms with E-state index in [9.17, 15) is 17.9 Å². The number of halogens is 2. The Hall–Kier alpha value is -0.690. The molecule has 0 aliphatic carbocycles. The average Bonchev–Trinajstić information content (AvgIpc) is 2.82. The van der Waals surface area contributed by atoms with Crippen molar-refractivity contribution in [3.8, 4) is 0 Å². The van der Waals surface area contributed by atoms with E-state index in [0.29, 0.717) is 13.0 Å². The highest BCUT2D eigenvalue weighted by Crippen LogP contribution is 2.30. The van der Waals surface area contributed by atoms with Crippen molar-refractivity contribution in [2.45, 2.75) is 24.3 Å². The maximum absolute atomic E-state index is 13.2. The normalized spacial score (nSPS) is 22.6. The van der Waals surface area contributed by atoms with E-state index >= 15 is 0 Å². The summed E-state index contributed by atoms with van der Waals surface area (Å²) in [4.78, 5) is -0.222. The number of nitrogens with zero attached hydrogens (tertiary/aromatic N) is 1. The number of rotatable bonds is 3. The zero-order chi connectivity index (χ0) is 14.2. The summed E-state index contributed by atoms with van der Waals surface area (Å²) in [6.45, 7) is 2.17. The summed E-state index contributed by atoms with van der Waals surface area (Å²) in [5.41, 5.74) is 0. The Labute approximate surface area is 116 Å². The molecule has 2 rings (SSSR count). The van der Waals surface area contributed by atoms with Gasteiger partial charge in [0.2, 0.25) is 10.0 Å². The maximum Gasteiger partial charge on any atom is 0.244 e. The Kier molecular flexibility index (Phi) is 4.15. The summed E-state index contributed by atoms with van der Waals surface area (Å²) in [6, 6.07) is 3.27. The highest BCUT2D eigenvalue weighted by Gasteiger charge is 2.35. The van der Waals surface area contributed by atoms with Crippen LogP contribution in [0.4, 0.5) is 4.39 Å². The lowest BCUT2D eigenvalue weighted by Gasteiger charge is -2.18. The minimum atomic E-state index is -3.81. The molecule has 1 aliphatic heterocycles. The van der Waals surface area contributed by atoms with E-state index < -0.39 is 21.9 Å². The Morgan fingerprint density at radius 2 is 2.21 bits per heavy atom. The second kappa shape index (κ2) is 5.36. The molecule has 0 spiro atoms. The van der Waals surface area contributed by atoms with Crippen molar-refractivity contribution in [2.24, 2.45) is 5.92 Å². The summed E-state index contributed by atoms with van der Waals surface area (Å²) in [5.74, 6) is -0.739. The molecular formula is C12H15ClFNO3S. The van der Waals surface area contributed by atoms with Gasteiger partial charge in [0.05, 0.1) is 11.1 Å². The van der Waals surface area contributed by atoms with Crippen molar-refractivity contribution >= 4 is 21.6 Å². The van der Waals surface area contributed by atoms with Crippen molar-refractivity contribution in [1.29, 1.82) is 0 Å². The number of aliphatic hydroxyl groups excluding tert-OH is 1. The molecule has 106 valence electrons. The van der Waals surface area contributed by atoms with Gasteiger partial charge in [0.25, 0.3) is 0 Å². The van der Waals surface area contributed by atoms with E-state index in [0.717, 1.165) is 12.1 Å². The second-order valence-corrected chi connectivity index (χ2v) is 7.04. The lowest BCUT2D eigenvalue weighted by molar-refractivity contribution is 0.133. The molecular weight excluding hydrogens is 293 g/mol. The summed E-state index contributed by atoms with van der Waals surface area (Å²) in [6.07, 6.45) is 0.0206. The fraction of sp³-hybridized carbons (Fsp3) is 0.500. The molecule has 1 heterocycles. The van der Waals surface area contributed by atoms with Crippen LogP contribution in [0, 0.1) is 11.7 Å². The minimum Gasteiger partial charge on any atom is -0.393 e. The Bertz CT molecular complexity index is 576. The van der Waals surface area contributed by atoms with Gasteiger partial charge < -0.3 is 5.11 Å². The largest absolute Gasteiger partial charge is 0.393 e. The molecule has 0 amide bonds. The molecule has 1 N–H and O–H groups in total. The average molecular weight is 308 g/mol. The molecule has 0 bridgehead atoms. The van der Waals surface area contributed by atoms with Crippen LogP contribution in [0.15, 0.2) is 23.1 Å². The first kappa shape index (κ1) is 14.7. The Balaban J connectivity index is 2.31. The van der Waals surface area contributed by atoms with Crippen molar-refractivity contribution in [3.63, 3.8) is 0 Å². The van der Waals surface area contributed by atoms with Crippen LogP contribution >= 0.6 is 11.6 Å².